The van der Waals surface area contributed by atoms with Crippen LogP contribution in [0, 0.1) is 10.1 Å². The van der Waals surface area contributed by atoms with Gasteiger partial charge in [-0.25, -0.2) is 4.79 Å². The number of nitro benzene ring substituents is 1. The van der Waals surface area contributed by atoms with Crippen LogP contribution < -0.4 is 11.2 Å². The van der Waals surface area contributed by atoms with E-state index in [9.17, 15) is 19.7 Å². The molecule has 34 heavy (non-hydrogen) atoms. The highest BCUT2D eigenvalue weighted by Gasteiger charge is 2.42. The van der Waals surface area contributed by atoms with E-state index in [0.717, 1.165) is 10.1 Å². The standard InChI is InChI=1S/C25H24N4O5/c1-25(2)14-34-22(16-12-8-9-13-17(16)29(32)33)21-20-18(23(30)27(4)24(31)26(20)3)19(28(21)25)15-10-6-5-7-11-15/h5-13,22H,14H2,1-4H3. The van der Waals surface area contributed by atoms with E-state index in [0.29, 0.717) is 27.9 Å². The highest BCUT2D eigenvalue weighted by atomic mass is 16.6. The Labute approximate surface area is 194 Å². The van der Waals surface area contributed by atoms with Gasteiger partial charge in [-0.15, -0.1) is 0 Å². The zero-order valence-electron chi connectivity index (χ0n) is 19.3. The first-order chi connectivity index (χ1) is 16.1. The van der Waals surface area contributed by atoms with E-state index < -0.39 is 27.8 Å². The highest BCUT2D eigenvalue weighted by Crippen LogP contribution is 2.46. The van der Waals surface area contributed by atoms with E-state index in [2.05, 4.69) is 0 Å². The molecule has 0 aliphatic carbocycles. The lowest BCUT2D eigenvalue weighted by atomic mass is 9.97. The number of aromatic nitrogens is 3. The molecular weight excluding hydrogens is 436 g/mol. The predicted molar refractivity (Wildman–Crippen MR) is 128 cm³/mol. The van der Waals surface area contributed by atoms with Crippen LogP contribution in [0.15, 0.2) is 64.2 Å². The van der Waals surface area contributed by atoms with E-state index in [1.54, 1.807) is 25.2 Å². The molecule has 1 unspecified atom stereocenters. The minimum Gasteiger partial charge on any atom is -0.364 e. The van der Waals surface area contributed by atoms with Gasteiger partial charge in [-0.1, -0.05) is 42.5 Å². The molecule has 4 aromatic rings. The van der Waals surface area contributed by atoms with E-state index in [1.165, 1.54) is 17.7 Å². The second-order valence-electron chi connectivity index (χ2n) is 9.18. The number of nitrogens with zero attached hydrogens (tertiary/aromatic N) is 4. The van der Waals surface area contributed by atoms with Crippen LogP contribution in [0.25, 0.3) is 22.2 Å². The maximum atomic E-state index is 13.5. The summed E-state index contributed by atoms with van der Waals surface area (Å²) in [5.41, 5.74) is 1.25. The average molecular weight is 460 g/mol. The van der Waals surface area contributed by atoms with Crippen molar-refractivity contribution in [2.75, 3.05) is 6.61 Å². The third-order valence-electron chi connectivity index (χ3n) is 6.53. The monoisotopic (exact) mass is 460 g/mol. The third kappa shape index (κ3) is 2.97. The van der Waals surface area contributed by atoms with Crippen LogP contribution in [0.3, 0.4) is 0 Å². The molecule has 0 saturated carbocycles. The summed E-state index contributed by atoms with van der Waals surface area (Å²) >= 11 is 0. The Morgan fingerprint density at radius 2 is 1.65 bits per heavy atom. The van der Waals surface area contributed by atoms with Gasteiger partial charge in [0.25, 0.3) is 11.2 Å². The van der Waals surface area contributed by atoms with Crippen LogP contribution in [0.2, 0.25) is 0 Å². The average Bonchev–Trinajstić information content (AvgIpc) is 3.20. The van der Waals surface area contributed by atoms with E-state index in [4.69, 9.17) is 4.74 Å². The van der Waals surface area contributed by atoms with Gasteiger partial charge in [-0.2, -0.15) is 0 Å². The molecule has 0 amide bonds. The van der Waals surface area contributed by atoms with Gasteiger partial charge in [0.2, 0.25) is 0 Å². The van der Waals surface area contributed by atoms with E-state index in [-0.39, 0.29) is 12.3 Å². The van der Waals surface area contributed by atoms with Crippen LogP contribution in [0.5, 0.6) is 0 Å². The summed E-state index contributed by atoms with van der Waals surface area (Å²) in [6.45, 7) is 4.23. The third-order valence-corrected chi connectivity index (χ3v) is 6.53. The SMILES string of the molecule is Cn1c(=O)c2c(-c3ccccc3)n3c(c2n(C)c1=O)C(c1ccccc1[N+](=O)[O-])OCC3(C)C. The molecule has 1 aliphatic rings. The fourth-order valence-corrected chi connectivity index (χ4v) is 4.98. The van der Waals surface area contributed by atoms with Crippen LogP contribution >= 0.6 is 0 Å². The van der Waals surface area contributed by atoms with Crippen molar-refractivity contribution in [2.24, 2.45) is 14.1 Å². The molecule has 3 heterocycles. The lowest BCUT2D eigenvalue weighted by molar-refractivity contribution is -0.386. The van der Waals surface area contributed by atoms with Gasteiger partial charge in [-0.3, -0.25) is 24.0 Å². The molecule has 0 saturated heterocycles. The van der Waals surface area contributed by atoms with Crippen molar-refractivity contribution >= 4 is 16.6 Å². The largest absolute Gasteiger partial charge is 0.364 e. The maximum absolute atomic E-state index is 13.5. The molecule has 0 bridgehead atoms. The Hall–Kier alpha value is -3.98. The van der Waals surface area contributed by atoms with Crippen molar-refractivity contribution in [3.63, 3.8) is 0 Å². The number of para-hydroxylation sites is 1. The lowest BCUT2D eigenvalue weighted by Crippen LogP contribution is -2.40. The topological polar surface area (TPSA) is 101 Å². The molecular formula is C25H24N4O5. The molecule has 0 radical (unpaired) electrons. The lowest BCUT2D eigenvalue weighted by Gasteiger charge is -2.39. The molecule has 0 spiro atoms. The Bertz CT molecular complexity index is 1580. The number of fused-ring (bicyclic) bond motifs is 3. The summed E-state index contributed by atoms with van der Waals surface area (Å²) in [5.74, 6) is 0. The van der Waals surface area contributed by atoms with E-state index in [1.807, 2.05) is 48.7 Å². The van der Waals surface area contributed by atoms with Gasteiger partial charge < -0.3 is 9.30 Å². The molecule has 174 valence electrons. The Kier molecular flexibility index (Phi) is 4.84. The van der Waals surface area contributed by atoms with Crippen LogP contribution in [-0.2, 0) is 24.4 Å². The minimum atomic E-state index is -0.840. The molecule has 1 aliphatic heterocycles. The second-order valence-corrected chi connectivity index (χ2v) is 9.18. The van der Waals surface area contributed by atoms with Crippen molar-refractivity contribution < 1.29 is 9.66 Å². The summed E-state index contributed by atoms with van der Waals surface area (Å²) in [6, 6.07) is 15.9. The number of ether oxygens (including phenoxy) is 1. The fourth-order valence-electron chi connectivity index (χ4n) is 4.98. The van der Waals surface area contributed by atoms with Crippen LogP contribution in [-0.4, -0.2) is 25.2 Å². The quantitative estimate of drug-likeness (QED) is 0.344. The smallest absolute Gasteiger partial charge is 0.331 e. The molecule has 0 fully saturated rings. The highest BCUT2D eigenvalue weighted by molar-refractivity contribution is 5.96. The Morgan fingerprint density at radius 1 is 1.00 bits per heavy atom. The molecule has 1 atom stereocenters. The summed E-state index contributed by atoms with van der Waals surface area (Å²) in [6.07, 6.45) is -0.840. The molecule has 9 nitrogen and oxygen atoms in total. The molecule has 2 aromatic carbocycles. The molecule has 0 N–H and O–H groups in total. The zero-order valence-corrected chi connectivity index (χ0v) is 19.3. The van der Waals surface area contributed by atoms with Gasteiger partial charge >= 0.3 is 5.69 Å². The van der Waals surface area contributed by atoms with Crippen LogP contribution in [0.4, 0.5) is 5.69 Å². The predicted octanol–water partition coefficient (Wildman–Crippen LogP) is 3.47. The molecule has 5 rings (SSSR count). The van der Waals surface area contributed by atoms with Gasteiger partial charge in [0.05, 0.1) is 44.9 Å². The first kappa shape index (κ1) is 21.8. The second kappa shape index (κ2) is 7.53. The Morgan fingerprint density at radius 3 is 2.32 bits per heavy atom. The molecule has 2 aromatic heterocycles. The zero-order chi connectivity index (χ0) is 24.4. The fraction of sp³-hybridized carbons (Fsp3) is 0.280. The molecule has 9 heteroatoms. The van der Waals surface area contributed by atoms with Gasteiger partial charge in [0, 0.05) is 20.2 Å². The Balaban J connectivity index is 2.03. The number of nitro groups is 1. The first-order valence-corrected chi connectivity index (χ1v) is 10.9. The van der Waals surface area contributed by atoms with Crippen molar-refractivity contribution in [2.45, 2.75) is 25.5 Å². The maximum Gasteiger partial charge on any atom is 0.331 e. The number of benzene rings is 2. The summed E-state index contributed by atoms with van der Waals surface area (Å²) in [4.78, 5) is 37.9. The minimum absolute atomic E-state index is 0.0804. The van der Waals surface area contributed by atoms with Crippen molar-refractivity contribution in [3.8, 4) is 11.3 Å². The van der Waals surface area contributed by atoms with Crippen molar-refractivity contribution in [1.82, 2.24) is 13.7 Å². The summed E-state index contributed by atoms with van der Waals surface area (Å²) < 4.78 is 10.8. The number of hydrogen-bond acceptors (Lipinski definition) is 5. The van der Waals surface area contributed by atoms with Gasteiger partial charge in [0.15, 0.2) is 0 Å². The normalized spacial score (nSPS) is 17.0. The summed E-state index contributed by atoms with van der Waals surface area (Å²) in [7, 11) is 3.06. The number of rotatable bonds is 3. The van der Waals surface area contributed by atoms with Gasteiger partial charge in [-0.05, 0) is 25.5 Å². The summed E-state index contributed by atoms with van der Waals surface area (Å²) in [5, 5.41) is 12.2. The number of aryl methyl sites for hydroxylation is 1. The number of hydrogen-bond donors (Lipinski definition) is 0. The van der Waals surface area contributed by atoms with Crippen molar-refractivity contribution in [1.29, 1.82) is 0 Å². The first-order valence-electron chi connectivity index (χ1n) is 10.9. The van der Waals surface area contributed by atoms with Crippen molar-refractivity contribution in [3.05, 3.63) is 96.8 Å². The van der Waals surface area contributed by atoms with E-state index >= 15 is 0 Å². The van der Waals surface area contributed by atoms with Gasteiger partial charge in [0.1, 0.15) is 6.10 Å². The van der Waals surface area contributed by atoms with Crippen LogP contribution in [0.1, 0.15) is 31.2 Å².